The molecule has 0 radical (unpaired) electrons. The second-order valence-electron chi connectivity index (χ2n) is 6.18. The first-order valence-corrected chi connectivity index (χ1v) is 8.82. The third-order valence-corrected chi connectivity index (χ3v) is 5.60. The maximum atomic E-state index is 13.1. The van der Waals surface area contributed by atoms with Gasteiger partial charge in [-0.25, -0.2) is 4.98 Å². The zero-order valence-electron chi connectivity index (χ0n) is 14.2. The summed E-state index contributed by atoms with van der Waals surface area (Å²) in [6.07, 6.45) is 0. The smallest absolute Gasteiger partial charge is 0.270 e. The minimum Gasteiger partial charge on any atom is -0.288 e. The molecule has 0 bridgehead atoms. The van der Waals surface area contributed by atoms with E-state index in [1.807, 2.05) is 50.2 Å². The van der Waals surface area contributed by atoms with Crippen LogP contribution in [0.15, 0.2) is 52.1 Å². The van der Waals surface area contributed by atoms with Gasteiger partial charge in [0.15, 0.2) is 0 Å². The highest BCUT2D eigenvalue weighted by Gasteiger charge is 2.15. The van der Waals surface area contributed by atoms with E-state index in [2.05, 4.69) is 4.98 Å². The van der Waals surface area contributed by atoms with E-state index in [1.54, 1.807) is 13.0 Å². The molecular formula is C20H16N2O2S. The Hall–Kier alpha value is -2.79. The van der Waals surface area contributed by atoms with Crippen molar-refractivity contribution in [1.82, 2.24) is 9.55 Å². The molecule has 4 nitrogen and oxygen atoms in total. The van der Waals surface area contributed by atoms with Gasteiger partial charge < -0.3 is 0 Å². The van der Waals surface area contributed by atoms with Crippen molar-refractivity contribution < 1.29 is 0 Å². The lowest BCUT2D eigenvalue weighted by Gasteiger charge is -2.12. The molecule has 0 saturated carbocycles. The quantitative estimate of drug-likeness (QED) is 0.491. The van der Waals surface area contributed by atoms with Gasteiger partial charge in [-0.1, -0.05) is 18.2 Å². The first-order valence-electron chi connectivity index (χ1n) is 8.00. The SMILES string of the molecule is Cc1ccc(-n2c(C)nc3sc4ccccc4c(=O)c3c2=O)cc1C. The number of aryl methyl sites for hydroxylation is 3. The van der Waals surface area contributed by atoms with Crippen LogP contribution in [0.25, 0.3) is 26.0 Å². The van der Waals surface area contributed by atoms with Crippen LogP contribution in [0.5, 0.6) is 0 Å². The molecule has 124 valence electrons. The first-order chi connectivity index (χ1) is 12.0. The van der Waals surface area contributed by atoms with Gasteiger partial charge in [-0.05, 0) is 56.2 Å². The lowest BCUT2D eigenvalue weighted by Crippen LogP contribution is -2.26. The van der Waals surface area contributed by atoms with E-state index in [4.69, 9.17) is 0 Å². The zero-order valence-corrected chi connectivity index (χ0v) is 15.0. The predicted octanol–water partition coefficient (Wildman–Crippen LogP) is 3.89. The Morgan fingerprint density at radius 3 is 2.48 bits per heavy atom. The third-order valence-electron chi connectivity index (χ3n) is 4.53. The fraction of sp³-hybridized carbons (Fsp3) is 0.150. The summed E-state index contributed by atoms with van der Waals surface area (Å²) in [5.41, 5.74) is 2.42. The molecule has 0 fully saturated rings. The van der Waals surface area contributed by atoms with Crippen molar-refractivity contribution in [2.45, 2.75) is 20.8 Å². The van der Waals surface area contributed by atoms with E-state index in [0.717, 1.165) is 21.5 Å². The summed E-state index contributed by atoms with van der Waals surface area (Å²) in [7, 11) is 0. The Labute approximate surface area is 148 Å². The van der Waals surface area contributed by atoms with Crippen LogP contribution in [0.3, 0.4) is 0 Å². The lowest BCUT2D eigenvalue weighted by molar-refractivity contribution is 0.894. The van der Waals surface area contributed by atoms with Crippen molar-refractivity contribution in [2.75, 3.05) is 0 Å². The van der Waals surface area contributed by atoms with Crippen molar-refractivity contribution in [3.8, 4) is 5.69 Å². The Balaban J connectivity index is 2.15. The number of fused-ring (bicyclic) bond motifs is 2. The van der Waals surface area contributed by atoms with E-state index in [1.165, 1.54) is 15.9 Å². The largest absolute Gasteiger partial charge is 0.288 e. The van der Waals surface area contributed by atoms with Crippen LogP contribution >= 0.6 is 11.3 Å². The zero-order chi connectivity index (χ0) is 17.7. The number of hydrogen-bond acceptors (Lipinski definition) is 4. The lowest BCUT2D eigenvalue weighted by atomic mass is 10.1. The molecule has 4 aromatic rings. The van der Waals surface area contributed by atoms with Gasteiger partial charge in [0.1, 0.15) is 16.0 Å². The summed E-state index contributed by atoms with van der Waals surface area (Å²) in [5.74, 6) is 0.576. The minimum absolute atomic E-state index is 0.160. The van der Waals surface area contributed by atoms with E-state index < -0.39 is 0 Å². The normalized spacial score (nSPS) is 11.3. The molecule has 0 aliphatic rings. The highest BCUT2D eigenvalue weighted by atomic mass is 32.1. The van der Waals surface area contributed by atoms with Crippen LogP contribution in [0.2, 0.25) is 0 Å². The number of nitrogens with zero attached hydrogens (tertiary/aromatic N) is 2. The van der Waals surface area contributed by atoms with Crippen LogP contribution in [0, 0.1) is 20.8 Å². The van der Waals surface area contributed by atoms with Crippen LogP contribution in [-0.4, -0.2) is 9.55 Å². The minimum atomic E-state index is -0.308. The average molecular weight is 348 g/mol. The molecular weight excluding hydrogens is 332 g/mol. The molecule has 0 saturated heterocycles. The number of hydrogen-bond donors (Lipinski definition) is 0. The number of aromatic nitrogens is 2. The van der Waals surface area contributed by atoms with Gasteiger partial charge in [0.25, 0.3) is 5.56 Å². The van der Waals surface area contributed by atoms with Crippen molar-refractivity contribution in [2.24, 2.45) is 0 Å². The molecule has 0 aliphatic heterocycles. The molecule has 0 amide bonds. The molecule has 2 aromatic carbocycles. The molecule has 0 unspecified atom stereocenters. The second kappa shape index (κ2) is 5.63. The Morgan fingerprint density at radius 2 is 1.72 bits per heavy atom. The highest BCUT2D eigenvalue weighted by molar-refractivity contribution is 7.24. The van der Waals surface area contributed by atoms with Crippen molar-refractivity contribution >= 4 is 31.6 Å². The molecule has 25 heavy (non-hydrogen) atoms. The van der Waals surface area contributed by atoms with Crippen molar-refractivity contribution in [3.63, 3.8) is 0 Å². The Kier molecular flexibility index (Phi) is 3.54. The molecule has 0 spiro atoms. The molecule has 0 aliphatic carbocycles. The van der Waals surface area contributed by atoms with Gasteiger partial charge in [-0.15, -0.1) is 11.3 Å². The molecule has 2 heterocycles. The van der Waals surface area contributed by atoms with Gasteiger partial charge >= 0.3 is 0 Å². The highest BCUT2D eigenvalue weighted by Crippen LogP contribution is 2.22. The molecule has 4 rings (SSSR count). The van der Waals surface area contributed by atoms with Crippen LogP contribution < -0.4 is 11.0 Å². The topological polar surface area (TPSA) is 52.0 Å². The van der Waals surface area contributed by atoms with Crippen LogP contribution in [-0.2, 0) is 0 Å². The van der Waals surface area contributed by atoms with Gasteiger partial charge in [-0.2, -0.15) is 0 Å². The molecule has 2 aromatic heterocycles. The van der Waals surface area contributed by atoms with E-state index in [-0.39, 0.29) is 16.4 Å². The summed E-state index contributed by atoms with van der Waals surface area (Å²) in [6, 6.07) is 13.1. The van der Waals surface area contributed by atoms with Crippen molar-refractivity contribution in [1.29, 1.82) is 0 Å². The fourth-order valence-corrected chi connectivity index (χ4v) is 4.11. The Bertz CT molecular complexity index is 1270. The van der Waals surface area contributed by atoms with Gasteiger partial charge in [0.05, 0.1) is 5.69 Å². The number of rotatable bonds is 1. The van der Waals surface area contributed by atoms with Gasteiger partial charge in [-0.3, -0.25) is 14.2 Å². The molecule has 5 heteroatoms. The maximum Gasteiger partial charge on any atom is 0.270 e. The summed E-state index contributed by atoms with van der Waals surface area (Å²) < 4.78 is 2.37. The summed E-state index contributed by atoms with van der Waals surface area (Å²) >= 11 is 1.38. The fourth-order valence-electron chi connectivity index (χ4n) is 3.02. The molecule has 0 N–H and O–H groups in total. The maximum absolute atomic E-state index is 13.1. The number of benzene rings is 2. The summed E-state index contributed by atoms with van der Waals surface area (Å²) in [5, 5.41) is 0.724. The summed E-state index contributed by atoms with van der Waals surface area (Å²) in [6.45, 7) is 5.82. The Morgan fingerprint density at radius 1 is 0.960 bits per heavy atom. The third kappa shape index (κ3) is 2.39. The standard InChI is InChI=1S/C20H16N2O2S/c1-11-8-9-14(10-12(11)2)22-13(3)21-19-17(20(22)24)18(23)15-6-4-5-7-16(15)25-19/h4-10H,1-3H3. The van der Waals surface area contributed by atoms with E-state index >= 15 is 0 Å². The summed E-state index contributed by atoms with van der Waals surface area (Å²) in [4.78, 5) is 31.1. The monoisotopic (exact) mass is 348 g/mol. The second-order valence-corrected chi connectivity index (χ2v) is 7.21. The average Bonchev–Trinajstić information content (AvgIpc) is 2.58. The van der Waals surface area contributed by atoms with Gasteiger partial charge in [0, 0.05) is 10.1 Å². The van der Waals surface area contributed by atoms with E-state index in [0.29, 0.717) is 16.0 Å². The van der Waals surface area contributed by atoms with Crippen LogP contribution in [0.1, 0.15) is 17.0 Å². The van der Waals surface area contributed by atoms with E-state index in [9.17, 15) is 9.59 Å². The molecule has 0 atom stereocenters. The van der Waals surface area contributed by atoms with Crippen LogP contribution in [0.4, 0.5) is 0 Å². The predicted molar refractivity (Wildman–Crippen MR) is 103 cm³/mol. The van der Waals surface area contributed by atoms with Crippen molar-refractivity contribution in [3.05, 3.63) is 80.0 Å². The first kappa shape index (κ1) is 15.7. The van der Waals surface area contributed by atoms with Gasteiger partial charge in [0.2, 0.25) is 5.43 Å².